The minimum Gasteiger partial charge on any atom is -0.389 e. The normalized spacial score (nSPS) is 16.5. The predicted octanol–water partition coefficient (Wildman–Crippen LogP) is 1.42. The van der Waals surface area contributed by atoms with Crippen LogP contribution in [0.25, 0.3) is 0 Å². The molecule has 0 saturated heterocycles. The fourth-order valence-corrected chi connectivity index (χ4v) is 2.65. The number of halogens is 1. The van der Waals surface area contributed by atoms with Gasteiger partial charge in [0.05, 0.1) is 25.9 Å². The SMILES string of the molecule is O[C@H](COCc1ccccc1F)CN1CCn2ccnc2C1. The van der Waals surface area contributed by atoms with E-state index in [1.165, 1.54) is 6.07 Å². The van der Waals surface area contributed by atoms with Gasteiger partial charge in [-0.25, -0.2) is 9.37 Å². The fraction of sp³-hybridized carbons (Fsp3) is 0.438. The van der Waals surface area contributed by atoms with Crippen LogP contribution in [0.3, 0.4) is 0 Å². The molecule has 5 nitrogen and oxygen atoms in total. The number of β-amino-alcohol motifs (C(OH)–C–C–N with tert-alkyl or cyclic N) is 1. The summed E-state index contributed by atoms with van der Waals surface area (Å²) in [5, 5.41) is 10.1. The zero-order valence-corrected chi connectivity index (χ0v) is 12.4. The van der Waals surface area contributed by atoms with E-state index in [2.05, 4.69) is 14.5 Å². The summed E-state index contributed by atoms with van der Waals surface area (Å²) in [6, 6.07) is 6.51. The molecule has 3 rings (SSSR count). The quantitative estimate of drug-likeness (QED) is 0.877. The molecule has 2 heterocycles. The molecule has 6 heteroatoms. The Bertz CT molecular complexity index is 617. The lowest BCUT2D eigenvalue weighted by molar-refractivity contribution is 0.00471. The first kappa shape index (κ1) is 15.1. The van der Waals surface area contributed by atoms with Crippen LogP contribution in [0.4, 0.5) is 4.39 Å². The molecule has 1 aliphatic heterocycles. The van der Waals surface area contributed by atoms with Crippen LogP contribution >= 0.6 is 0 Å². The molecule has 0 radical (unpaired) electrons. The van der Waals surface area contributed by atoms with Gasteiger partial charge in [-0.2, -0.15) is 0 Å². The number of imidazole rings is 1. The zero-order chi connectivity index (χ0) is 15.4. The first-order valence-corrected chi connectivity index (χ1v) is 7.44. The van der Waals surface area contributed by atoms with Crippen molar-refractivity contribution in [3.63, 3.8) is 0 Å². The van der Waals surface area contributed by atoms with Gasteiger partial charge in [-0.3, -0.25) is 4.90 Å². The second-order valence-corrected chi connectivity index (χ2v) is 5.53. The van der Waals surface area contributed by atoms with E-state index in [0.29, 0.717) is 12.1 Å². The maximum Gasteiger partial charge on any atom is 0.128 e. The summed E-state index contributed by atoms with van der Waals surface area (Å²) in [6.45, 7) is 3.40. The fourth-order valence-electron chi connectivity index (χ4n) is 2.65. The van der Waals surface area contributed by atoms with Crippen LogP contribution in [0, 0.1) is 5.82 Å². The molecule has 2 aromatic rings. The average molecular weight is 305 g/mol. The van der Waals surface area contributed by atoms with Gasteiger partial charge in [0.25, 0.3) is 0 Å². The highest BCUT2D eigenvalue weighted by Gasteiger charge is 2.19. The monoisotopic (exact) mass is 305 g/mol. The maximum absolute atomic E-state index is 13.4. The number of fused-ring (bicyclic) bond motifs is 1. The van der Waals surface area contributed by atoms with Crippen LogP contribution in [-0.2, 0) is 24.4 Å². The lowest BCUT2D eigenvalue weighted by Crippen LogP contribution is -2.40. The first-order chi connectivity index (χ1) is 10.7. The summed E-state index contributed by atoms with van der Waals surface area (Å²) < 4.78 is 21.0. The smallest absolute Gasteiger partial charge is 0.128 e. The molecule has 0 bridgehead atoms. The van der Waals surface area contributed by atoms with E-state index >= 15 is 0 Å². The molecule has 1 atom stereocenters. The average Bonchev–Trinajstić information content (AvgIpc) is 2.97. The molecule has 0 aliphatic carbocycles. The molecular weight excluding hydrogens is 285 g/mol. The predicted molar refractivity (Wildman–Crippen MR) is 79.6 cm³/mol. The third kappa shape index (κ3) is 3.71. The van der Waals surface area contributed by atoms with Gasteiger partial charge in [0.15, 0.2) is 0 Å². The van der Waals surface area contributed by atoms with Gasteiger partial charge in [-0.1, -0.05) is 18.2 Å². The van der Waals surface area contributed by atoms with Gasteiger partial charge in [0, 0.05) is 37.6 Å². The number of rotatable bonds is 6. The Morgan fingerprint density at radius 1 is 1.32 bits per heavy atom. The Morgan fingerprint density at radius 2 is 2.18 bits per heavy atom. The number of benzene rings is 1. The molecule has 1 aliphatic rings. The topological polar surface area (TPSA) is 50.5 Å². The molecule has 0 spiro atoms. The van der Waals surface area contributed by atoms with Gasteiger partial charge in [0.2, 0.25) is 0 Å². The van der Waals surface area contributed by atoms with Gasteiger partial charge in [-0.15, -0.1) is 0 Å². The Hall–Kier alpha value is -1.76. The summed E-state index contributed by atoms with van der Waals surface area (Å²) in [5.41, 5.74) is 0.509. The Balaban J connectivity index is 1.42. The van der Waals surface area contributed by atoms with Crippen molar-refractivity contribution in [2.45, 2.75) is 25.8 Å². The Labute approximate surface area is 129 Å². The Morgan fingerprint density at radius 3 is 3.05 bits per heavy atom. The number of aliphatic hydroxyl groups is 1. The van der Waals surface area contributed by atoms with Crippen LogP contribution in [0.2, 0.25) is 0 Å². The highest BCUT2D eigenvalue weighted by atomic mass is 19.1. The molecule has 1 N–H and O–H groups in total. The standard InChI is InChI=1S/C16H20FN3O2/c17-15-4-2-1-3-13(15)11-22-12-14(21)9-19-7-8-20-6-5-18-16(20)10-19/h1-6,14,21H,7-12H2/t14-/m0/s1. The number of nitrogens with zero attached hydrogens (tertiary/aromatic N) is 3. The van der Waals surface area contributed by atoms with Crippen LogP contribution in [0.15, 0.2) is 36.7 Å². The minimum atomic E-state index is -0.590. The van der Waals surface area contributed by atoms with Gasteiger partial charge in [-0.05, 0) is 6.07 Å². The molecule has 0 saturated carbocycles. The summed E-state index contributed by atoms with van der Waals surface area (Å²) >= 11 is 0. The number of hydrogen-bond donors (Lipinski definition) is 1. The van der Waals surface area contributed by atoms with Crippen molar-refractivity contribution in [2.75, 3.05) is 19.7 Å². The summed E-state index contributed by atoms with van der Waals surface area (Å²) in [5.74, 6) is 0.741. The number of hydrogen-bond acceptors (Lipinski definition) is 4. The molecule has 1 aromatic heterocycles. The summed E-state index contributed by atoms with van der Waals surface area (Å²) in [4.78, 5) is 6.44. The Kier molecular flexibility index (Phi) is 4.82. The lowest BCUT2D eigenvalue weighted by atomic mass is 10.2. The van der Waals surface area contributed by atoms with Crippen LogP contribution in [-0.4, -0.2) is 45.4 Å². The van der Waals surface area contributed by atoms with Crippen LogP contribution in [0.5, 0.6) is 0 Å². The molecule has 0 unspecified atom stereocenters. The third-order valence-electron chi connectivity index (χ3n) is 3.82. The first-order valence-electron chi connectivity index (χ1n) is 7.44. The summed E-state index contributed by atoms with van der Waals surface area (Å²) in [7, 11) is 0. The van der Waals surface area contributed by atoms with E-state index in [1.54, 1.807) is 24.4 Å². The molecule has 1 aromatic carbocycles. The minimum absolute atomic E-state index is 0.175. The van der Waals surface area contributed by atoms with E-state index < -0.39 is 6.10 Å². The van der Waals surface area contributed by atoms with E-state index in [0.717, 1.165) is 25.5 Å². The maximum atomic E-state index is 13.4. The summed E-state index contributed by atoms with van der Waals surface area (Å²) in [6.07, 6.45) is 3.18. The van der Waals surface area contributed by atoms with Crippen molar-refractivity contribution in [3.8, 4) is 0 Å². The van der Waals surface area contributed by atoms with Gasteiger partial charge < -0.3 is 14.4 Å². The van der Waals surface area contributed by atoms with Gasteiger partial charge >= 0.3 is 0 Å². The number of ether oxygens (including phenoxy) is 1. The number of aromatic nitrogens is 2. The van der Waals surface area contributed by atoms with Gasteiger partial charge in [0.1, 0.15) is 11.6 Å². The van der Waals surface area contributed by atoms with E-state index in [-0.39, 0.29) is 19.0 Å². The lowest BCUT2D eigenvalue weighted by Gasteiger charge is -2.29. The van der Waals surface area contributed by atoms with E-state index in [9.17, 15) is 9.50 Å². The molecule has 0 fully saturated rings. The molecule has 118 valence electrons. The molecular formula is C16H20FN3O2. The largest absolute Gasteiger partial charge is 0.389 e. The molecule has 0 amide bonds. The van der Waals surface area contributed by atoms with Crippen molar-refractivity contribution in [2.24, 2.45) is 0 Å². The van der Waals surface area contributed by atoms with Crippen LogP contribution < -0.4 is 0 Å². The van der Waals surface area contributed by atoms with Crippen molar-refractivity contribution >= 4 is 0 Å². The van der Waals surface area contributed by atoms with Crippen molar-refractivity contribution < 1.29 is 14.2 Å². The van der Waals surface area contributed by atoms with Crippen molar-refractivity contribution in [3.05, 3.63) is 53.9 Å². The van der Waals surface area contributed by atoms with Crippen molar-refractivity contribution in [1.82, 2.24) is 14.5 Å². The number of aliphatic hydroxyl groups excluding tert-OH is 1. The second-order valence-electron chi connectivity index (χ2n) is 5.53. The zero-order valence-electron chi connectivity index (χ0n) is 12.4. The van der Waals surface area contributed by atoms with Crippen molar-refractivity contribution in [1.29, 1.82) is 0 Å². The third-order valence-corrected chi connectivity index (χ3v) is 3.82. The van der Waals surface area contributed by atoms with E-state index in [4.69, 9.17) is 4.74 Å². The molecule has 22 heavy (non-hydrogen) atoms. The second kappa shape index (κ2) is 7.00. The van der Waals surface area contributed by atoms with E-state index in [1.807, 2.05) is 6.20 Å². The van der Waals surface area contributed by atoms with Crippen LogP contribution in [0.1, 0.15) is 11.4 Å². The highest BCUT2D eigenvalue weighted by molar-refractivity contribution is 5.16. The highest BCUT2D eigenvalue weighted by Crippen LogP contribution is 2.11.